The molecule has 0 fully saturated rings. The van der Waals surface area contributed by atoms with Crippen molar-refractivity contribution in [2.45, 2.75) is 18.4 Å². The number of benzene rings is 1. The van der Waals surface area contributed by atoms with Gasteiger partial charge in [0.15, 0.2) is 0 Å². The minimum Gasteiger partial charge on any atom is -0.320 e. The van der Waals surface area contributed by atoms with Crippen LogP contribution in [0.2, 0.25) is 0 Å². The van der Waals surface area contributed by atoms with Gasteiger partial charge in [0.1, 0.15) is 0 Å². The number of hydrogen-bond donors (Lipinski definition) is 3. The summed E-state index contributed by atoms with van der Waals surface area (Å²) in [7, 11) is -3.55. The second-order valence-corrected chi connectivity index (χ2v) is 6.14. The first-order chi connectivity index (χ1) is 10.0. The zero-order valence-corrected chi connectivity index (χ0v) is 12.4. The molecule has 0 aliphatic rings. The molecule has 0 aliphatic carbocycles. The van der Waals surface area contributed by atoms with Gasteiger partial charge in [0, 0.05) is 23.4 Å². The number of H-pyrrole nitrogens is 1. The van der Waals surface area contributed by atoms with Crippen LogP contribution in [0.4, 0.5) is 0 Å². The van der Waals surface area contributed by atoms with E-state index in [2.05, 4.69) is 26.8 Å². The summed E-state index contributed by atoms with van der Waals surface area (Å²) in [6, 6.07) is 6.34. The van der Waals surface area contributed by atoms with E-state index in [4.69, 9.17) is 5.73 Å². The normalized spacial score (nSPS) is 11.0. The van der Waals surface area contributed by atoms with E-state index in [-0.39, 0.29) is 18.0 Å². The molecule has 6 nitrogen and oxygen atoms in total. The maximum absolute atomic E-state index is 12.2. The number of aryl methyl sites for hydroxylation is 1. The second kappa shape index (κ2) is 6.54. The molecule has 7 heteroatoms. The monoisotopic (exact) mass is 304 g/mol. The quantitative estimate of drug-likeness (QED) is 0.716. The van der Waals surface area contributed by atoms with Gasteiger partial charge in [-0.05, 0) is 31.2 Å². The van der Waals surface area contributed by atoms with Crippen molar-refractivity contribution in [3.05, 3.63) is 47.3 Å². The molecule has 2 rings (SSSR count). The van der Waals surface area contributed by atoms with E-state index in [9.17, 15) is 8.42 Å². The Labute approximate surface area is 123 Å². The number of rotatable bonds is 4. The molecule has 0 spiro atoms. The van der Waals surface area contributed by atoms with E-state index in [0.717, 1.165) is 16.8 Å². The van der Waals surface area contributed by atoms with E-state index >= 15 is 0 Å². The Kier molecular flexibility index (Phi) is 4.75. The minimum atomic E-state index is -3.55. The molecule has 0 unspecified atom stereocenters. The topological polar surface area (TPSA) is 101 Å². The van der Waals surface area contributed by atoms with Crippen molar-refractivity contribution in [1.29, 1.82) is 0 Å². The summed E-state index contributed by atoms with van der Waals surface area (Å²) in [5.41, 5.74) is 7.66. The number of hydrogen-bond acceptors (Lipinski definition) is 4. The van der Waals surface area contributed by atoms with Crippen LogP contribution in [-0.2, 0) is 16.6 Å². The van der Waals surface area contributed by atoms with Gasteiger partial charge < -0.3 is 5.73 Å². The summed E-state index contributed by atoms with van der Waals surface area (Å²) >= 11 is 0. The van der Waals surface area contributed by atoms with Gasteiger partial charge in [0.25, 0.3) is 0 Å². The average Bonchev–Trinajstić information content (AvgIpc) is 2.89. The highest BCUT2D eigenvalue weighted by Gasteiger charge is 2.14. The molecule has 0 bridgehead atoms. The van der Waals surface area contributed by atoms with Crippen LogP contribution in [0, 0.1) is 18.8 Å². The fourth-order valence-corrected chi connectivity index (χ4v) is 2.69. The number of nitrogens with one attached hydrogen (secondary N) is 2. The van der Waals surface area contributed by atoms with Crippen LogP contribution in [0.1, 0.15) is 16.8 Å². The van der Waals surface area contributed by atoms with Crippen LogP contribution in [0.25, 0.3) is 0 Å². The predicted octanol–water partition coefficient (Wildman–Crippen LogP) is 0.507. The molecule has 1 heterocycles. The van der Waals surface area contributed by atoms with Crippen molar-refractivity contribution >= 4 is 10.0 Å². The van der Waals surface area contributed by atoms with Crippen molar-refractivity contribution in [3.63, 3.8) is 0 Å². The highest BCUT2D eigenvalue weighted by molar-refractivity contribution is 7.89. The molecule has 0 radical (unpaired) electrons. The summed E-state index contributed by atoms with van der Waals surface area (Å²) in [5.74, 6) is 5.56. The summed E-state index contributed by atoms with van der Waals surface area (Å²) in [6.07, 6.45) is 1.60. The lowest BCUT2D eigenvalue weighted by molar-refractivity contribution is 0.581. The van der Waals surface area contributed by atoms with Gasteiger partial charge in [-0.2, -0.15) is 5.10 Å². The van der Waals surface area contributed by atoms with Gasteiger partial charge in [-0.3, -0.25) is 5.10 Å². The zero-order chi connectivity index (χ0) is 15.3. The summed E-state index contributed by atoms with van der Waals surface area (Å²) in [6.45, 7) is 2.30. The molecule has 0 atom stereocenters. The fraction of sp³-hybridized carbons (Fsp3) is 0.214. The average molecular weight is 304 g/mol. The van der Waals surface area contributed by atoms with Crippen LogP contribution in [0.15, 0.2) is 35.4 Å². The number of aromatic amines is 1. The van der Waals surface area contributed by atoms with Crippen molar-refractivity contribution < 1.29 is 8.42 Å². The number of sulfonamides is 1. The third kappa shape index (κ3) is 3.92. The molecule has 4 N–H and O–H groups in total. The Morgan fingerprint density at radius 1 is 1.33 bits per heavy atom. The molecule has 1 aromatic carbocycles. The van der Waals surface area contributed by atoms with Crippen molar-refractivity contribution in [2.75, 3.05) is 6.54 Å². The first-order valence-corrected chi connectivity index (χ1v) is 7.79. The van der Waals surface area contributed by atoms with Crippen LogP contribution >= 0.6 is 0 Å². The van der Waals surface area contributed by atoms with Crippen LogP contribution in [0.3, 0.4) is 0 Å². The number of aromatic nitrogens is 2. The van der Waals surface area contributed by atoms with E-state index < -0.39 is 10.0 Å². The summed E-state index contributed by atoms with van der Waals surface area (Å²) < 4.78 is 26.9. The number of nitrogens with two attached hydrogens (primary N) is 1. The lowest BCUT2D eigenvalue weighted by Crippen LogP contribution is -2.23. The Morgan fingerprint density at radius 2 is 2.05 bits per heavy atom. The molecule has 21 heavy (non-hydrogen) atoms. The third-order valence-corrected chi connectivity index (χ3v) is 4.30. The number of nitrogens with zero attached hydrogens (tertiary/aromatic N) is 1. The maximum atomic E-state index is 12.2. The van der Waals surface area contributed by atoms with Crippen molar-refractivity contribution in [3.8, 4) is 11.8 Å². The van der Waals surface area contributed by atoms with E-state index in [0.29, 0.717) is 0 Å². The second-order valence-electron chi connectivity index (χ2n) is 4.38. The smallest absolute Gasteiger partial charge is 0.240 e. The molecule has 1 aromatic heterocycles. The van der Waals surface area contributed by atoms with E-state index in [1.807, 2.05) is 6.92 Å². The standard InChI is InChI=1S/C14H16N4O2S/c1-11-13(9-16-18-11)10-17-21(19,20)14-6-4-12(5-7-14)3-2-8-15/h4-7,9,17H,8,10,15H2,1H3,(H,16,18). The van der Waals surface area contributed by atoms with Gasteiger partial charge >= 0.3 is 0 Å². The fourth-order valence-electron chi connectivity index (χ4n) is 1.68. The molecule has 0 amide bonds. The van der Waals surface area contributed by atoms with Crippen LogP contribution in [0.5, 0.6) is 0 Å². The molecular formula is C14H16N4O2S. The molecule has 0 saturated heterocycles. The van der Waals surface area contributed by atoms with Gasteiger partial charge in [0.05, 0.1) is 17.6 Å². The first kappa shape index (κ1) is 15.3. The Balaban J connectivity index is 2.10. The molecule has 0 aliphatic heterocycles. The SMILES string of the molecule is Cc1[nH]ncc1CNS(=O)(=O)c1ccc(C#CCN)cc1. The highest BCUT2D eigenvalue weighted by atomic mass is 32.2. The van der Waals surface area contributed by atoms with Gasteiger partial charge in [-0.1, -0.05) is 11.8 Å². The molecule has 2 aromatic rings. The largest absolute Gasteiger partial charge is 0.320 e. The Morgan fingerprint density at radius 3 is 2.62 bits per heavy atom. The Bertz CT molecular complexity index is 767. The minimum absolute atomic E-state index is 0.194. The van der Waals surface area contributed by atoms with Gasteiger partial charge in [-0.15, -0.1) is 0 Å². The molecule has 110 valence electrons. The van der Waals surface area contributed by atoms with E-state index in [1.54, 1.807) is 18.3 Å². The summed E-state index contributed by atoms with van der Waals surface area (Å²) in [5, 5.41) is 6.61. The highest BCUT2D eigenvalue weighted by Crippen LogP contribution is 2.11. The molecule has 0 saturated carbocycles. The Hall–Kier alpha value is -2.14. The lowest BCUT2D eigenvalue weighted by Gasteiger charge is -2.06. The zero-order valence-electron chi connectivity index (χ0n) is 11.6. The van der Waals surface area contributed by atoms with Crippen molar-refractivity contribution in [2.24, 2.45) is 5.73 Å². The van der Waals surface area contributed by atoms with Crippen LogP contribution < -0.4 is 10.5 Å². The predicted molar refractivity (Wildman–Crippen MR) is 79.7 cm³/mol. The van der Waals surface area contributed by atoms with Gasteiger partial charge in [-0.25, -0.2) is 13.1 Å². The maximum Gasteiger partial charge on any atom is 0.240 e. The van der Waals surface area contributed by atoms with E-state index in [1.165, 1.54) is 12.1 Å². The van der Waals surface area contributed by atoms with Gasteiger partial charge in [0.2, 0.25) is 10.0 Å². The summed E-state index contributed by atoms with van der Waals surface area (Å²) in [4.78, 5) is 0.196. The molecular weight excluding hydrogens is 288 g/mol. The van der Waals surface area contributed by atoms with Crippen molar-refractivity contribution in [1.82, 2.24) is 14.9 Å². The lowest BCUT2D eigenvalue weighted by atomic mass is 10.2. The first-order valence-electron chi connectivity index (χ1n) is 6.30. The van der Waals surface area contributed by atoms with Crippen LogP contribution in [-0.4, -0.2) is 25.2 Å². The third-order valence-electron chi connectivity index (χ3n) is 2.89.